The summed E-state index contributed by atoms with van der Waals surface area (Å²) < 4.78 is 0. The van der Waals surface area contributed by atoms with Crippen LogP contribution in [0.2, 0.25) is 0 Å². The number of halogens is 2. The first-order valence-electron chi connectivity index (χ1n) is 9.49. The van der Waals surface area contributed by atoms with Crippen molar-refractivity contribution in [3.05, 3.63) is 90.0 Å². The van der Waals surface area contributed by atoms with Gasteiger partial charge in [0.05, 0.1) is 0 Å². The van der Waals surface area contributed by atoms with Gasteiger partial charge in [-0.2, -0.15) is 6.07 Å². The van der Waals surface area contributed by atoms with E-state index in [9.17, 15) is 0 Å². The van der Waals surface area contributed by atoms with E-state index in [4.69, 9.17) is 17.0 Å². The predicted molar refractivity (Wildman–Crippen MR) is 121 cm³/mol. The van der Waals surface area contributed by atoms with E-state index in [1.807, 2.05) is 0 Å². The summed E-state index contributed by atoms with van der Waals surface area (Å²) >= 11 is -0.826. The molecule has 0 nitrogen and oxygen atoms in total. The molecule has 0 bridgehead atoms. The fourth-order valence-electron chi connectivity index (χ4n) is 3.78. The zero-order valence-corrected chi connectivity index (χ0v) is 20.1. The molecule has 0 fully saturated rings. The Hall–Kier alpha value is -1.27. The molecule has 0 aliphatic heterocycles. The Balaban J connectivity index is 0.000000706. The minimum absolute atomic E-state index is 0.826. The summed E-state index contributed by atoms with van der Waals surface area (Å²) in [5.74, 6) is 0. The molecule has 0 amide bonds. The number of aryl methyl sites for hydroxylation is 2. The van der Waals surface area contributed by atoms with Crippen molar-refractivity contribution in [2.75, 3.05) is 0 Å². The van der Waals surface area contributed by atoms with Gasteiger partial charge < -0.3 is 0 Å². The zero-order valence-electron chi connectivity index (χ0n) is 16.2. The van der Waals surface area contributed by atoms with Crippen molar-refractivity contribution in [3.8, 4) is 22.3 Å². The molecule has 142 valence electrons. The second kappa shape index (κ2) is 10.5. The molecule has 0 N–H and O–H groups in total. The summed E-state index contributed by atoms with van der Waals surface area (Å²) in [5.41, 5.74) is 8.06. The second-order valence-corrected chi connectivity index (χ2v) is 10.6. The van der Waals surface area contributed by atoms with Crippen LogP contribution in [-0.2, 0) is 27.3 Å². The number of benzene rings is 3. The van der Waals surface area contributed by atoms with Crippen LogP contribution in [0.4, 0.5) is 0 Å². The van der Waals surface area contributed by atoms with E-state index in [1.165, 1.54) is 50.6 Å². The summed E-state index contributed by atoms with van der Waals surface area (Å²) in [6, 6.07) is 28.8. The third-order valence-corrected chi connectivity index (χ3v) is 4.99. The summed E-state index contributed by atoms with van der Waals surface area (Å²) in [7, 11) is 9.87. The van der Waals surface area contributed by atoms with Crippen LogP contribution in [0, 0.1) is 6.92 Å². The van der Waals surface area contributed by atoms with E-state index in [0.29, 0.717) is 0 Å². The Bertz CT molecular complexity index is 1040. The Morgan fingerprint density at radius 3 is 2.21 bits per heavy atom. The molecule has 0 heterocycles. The summed E-state index contributed by atoms with van der Waals surface area (Å²) in [5, 5.41) is 2.72. The second-order valence-electron chi connectivity index (χ2n) is 6.86. The molecule has 0 atom stereocenters. The fourth-order valence-corrected chi connectivity index (χ4v) is 3.78. The average molecular weight is 486 g/mol. The van der Waals surface area contributed by atoms with Gasteiger partial charge in [0, 0.05) is 0 Å². The first-order chi connectivity index (χ1) is 13.7. The van der Waals surface area contributed by atoms with Gasteiger partial charge in [-0.1, -0.05) is 79.6 Å². The first-order valence-corrected chi connectivity index (χ1v) is 15.8. The molecule has 0 unspecified atom stereocenters. The summed E-state index contributed by atoms with van der Waals surface area (Å²) in [4.78, 5) is 0. The van der Waals surface area contributed by atoms with Gasteiger partial charge in [-0.05, 0) is 35.6 Å². The van der Waals surface area contributed by atoms with Gasteiger partial charge in [0.2, 0.25) is 0 Å². The maximum absolute atomic E-state index is 4.93. The summed E-state index contributed by atoms with van der Waals surface area (Å²) in [6.07, 6.45) is 2.32. The molecule has 0 aliphatic rings. The standard InChI is InChI=1S/C25H23.2ClH.Zr/c1-3-9-19-16-21-14-15-23(20-11-5-4-6-12-20)25(24(21)17-19)22-13-8-7-10-18(22)2;;;/h4-8,10-17H,3,9H2,1-2H3;2*1H;/q-1;;;+2/p-2. The third-order valence-electron chi connectivity index (χ3n) is 4.99. The first kappa shape index (κ1) is 21.4. The van der Waals surface area contributed by atoms with E-state index in [-0.39, 0.29) is 0 Å². The molecule has 0 saturated carbocycles. The topological polar surface area (TPSA) is 0 Å². The minimum atomic E-state index is -0.826. The Morgan fingerprint density at radius 2 is 1.54 bits per heavy atom. The Kier molecular flexibility index (Phi) is 8.04. The van der Waals surface area contributed by atoms with Crippen LogP contribution < -0.4 is 0 Å². The third kappa shape index (κ3) is 4.83. The van der Waals surface area contributed by atoms with Gasteiger partial charge in [0.15, 0.2) is 0 Å². The number of hydrogen-bond acceptors (Lipinski definition) is 0. The van der Waals surface area contributed by atoms with Crippen molar-refractivity contribution < 1.29 is 20.8 Å². The quantitative estimate of drug-likeness (QED) is 0.254. The van der Waals surface area contributed by atoms with Crippen LogP contribution >= 0.6 is 17.0 Å². The van der Waals surface area contributed by atoms with Crippen molar-refractivity contribution in [1.82, 2.24) is 0 Å². The van der Waals surface area contributed by atoms with E-state index < -0.39 is 20.8 Å². The van der Waals surface area contributed by atoms with Crippen molar-refractivity contribution in [3.63, 3.8) is 0 Å². The molecule has 4 rings (SSSR count). The van der Waals surface area contributed by atoms with Crippen molar-refractivity contribution >= 4 is 27.8 Å². The van der Waals surface area contributed by atoms with Gasteiger partial charge in [-0.15, -0.1) is 28.5 Å². The van der Waals surface area contributed by atoms with E-state index in [0.717, 1.165) is 6.42 Å². The van der Waals surface area contributed by atoms with Crippen LogP contribution in [0.3, 0.4) is 0 Å². The monoisotopic (exact) mass is 483 g/mol. The molecule has 3 heteroatoms. The van der Waals surface area contributed by atoms with Crippen molar-refractivity contribution in [1.29, 1.82) is 0 Å². The van der Waals surface area contributed by atoms with Gasteiger partial charge in [-0.3, -0.25) is 0 Å². The fraction of sp³-hybridized carbons (Fsp3) is 0.160. The van der Waals surface area contributed by atoms with Crippen LogP contribution in [0.5, 0.6) is 0 Å². The Morgan fingerprint density at radius 1 is 0.857 bits per heavy atom. The number of fused-ring (bicyclic) bond motifs is 1. The van der Waals surface area contributed by atoms with Gasteiger partial charge in [-0.25, -0.2) is 0 Å². The van der Waals surface area contributed by atoms with E-state index in [2.05, 4.69) is 92.7 Å². The molecular weight excluding hydrogens is 462 g/mol. The van der Waals surface area contributed by atoms with E-state index in [1.54, 1.807) is 0 Å². The van der Waals surface area contributed by atoms with Gasteiger partial charge in [0.25, 0.3) is 0 Å². The number of hydrogen-bond donors (Lipinski definition) is 0. The Labute approximate surface area is 186 Å². The molecule has 0 aromatic heterocycles. The van der Waals surface area contributed by atoms with Gasteiger partial charge >= 0.3 is 37.9 Å². The van der Waals surface area contributed by atoms with Crippen LogP contribution in [0.1, 0.15) is 24.5 Å². The normalized spacial score (nSPS) is 10.4. The van der Waals surface area contributed by atoms with Gasteiger partial charge in [0.1, 0.15) is 0 Å². The summed E-state index contributed by atoms with van der Waals surface area (Å²) in [6.45, 7) is 4.45. The van der Waals surface area contributed by atoms with E-state index >= 15 is 0 Å². The zero-order chi connectivity index (χ0) is 19.9. The number of rotatable bonds is 4. The molecule has 0 radical (unpaired) electrons. The van der Waals surface area contributed by atoms with Crippen LogP contribution in [0.25, 0.3) is 33.0 Å². The van der Waals surface area contributed by atoms with Crippen molar-refractivity contribution in [2.24, 2.45) is 0 Å². The van der Waals surface area contributed by atoms with Crippen molar-refractivity contribution in [2.45, 2.75) is 26.7 Å². The van der Waals surface area contributed by atoms with Crippen LogP contribution in [-0.4, -0.2) is 0 Å². The predicted octanol–water partition coefficient (Wildman–Crippen LogP) is 8.53. The molecule has 0 spiro atoms. The van der Waals surface area contributed by atoms with Crippen LogP contribution in [0.15, 0.2) is 78.9 Å². The molecule has 4 aromatic rings. The molecule has 4 aromatic carbocycles. The SMILES string of the molecule is CCCc1cc2c(-c3ccccc3C)c(-c3ccccc3)ccc2[cH-]1.[Cl][Zr][Cl]. The molecular formula is C25H23Cl2Zr-. The molecule has 28 heavy (non-hydrogen) atoms. The molecule has 0 saturated heterocycles. The maximum atomic E-state index is 4.93. The average Bonchev–Trinajstić information content (AvgIpc) is 3.12. The molecule has 0 aliphatic carbocycles.